The number of benzene rings is 1. The number of nitrogens with one attached hydrogen (secondary N) is 1. The lowest BCUT2D eigenvalue weighted by molar-refractivity contribution is -0.132. The van der Waals surface area contributed by atoms with Crippen molar-refractivity contribution >= 4 is 11.8 Å². The smallest absolute Gasteiger partial charge is 0.225 e. The quantitative estimate of drug-likeness (QED) is 0.756. The molecule has 0 radical (unpaired) electrons. The average molecular weight is 405 g/mol. The van der Waals surface area contributed by atoms with Gasteiger partial charge in [0.25, 0.3) is 0 Å². The Morgan fingerprint density at radius 2 is 1.86 bits per heavy atom. The van der Waals surface area contributed by atoms with Crippen molar-refractivity contribution in [3.8, 4) is 11.5 Å². The molecule has 1 aromatic carbocycles. The van der Waals surface area contributed by atoms with Gasteiger partial charge in [0.2, 0.25) is 11.8 Å². The van der Waals surface area contributed by atoms with Gasteiger partial charge in [-0.1, -0.05) is 34.6 Å². The van der Waals surface area contributed by atoms with Gasteiger partial charge in [-0.3, -0.25) is 9.59 Å². The number of likely N-dealkylation sites (tertiary alicyclic amines) is 1. The molecule has 6 nitrogen and oxygen atoms in total. The van der Waals surface area contributed by atoms with E-state index in [2.05, 4.69) is 39.9 Å². The van der Waals surface area contributed by atoms with Gasteiger partial charge in [-0.25, -0.2) is 0 Å². The minimum absolute atomic E-state index is 0.0142. The molecule has 1 fully saturated rings. The lowest BCUT2D eigenvalue weighted by Gasteiger charge is -2.23. The summed E-state index contributed by atoms with van der Waals surface area (Å²) in [6.07, 6.45) is 0.454. The number of carbonyl (C=O) groups is 2. The van der Waals surface area contributed by atoms with Crippen molar-refractivity contribution in [1.29, 1.82) is 0 Å². The van der Waals surface area contributed by atoms with Crippen molar-refractivity contribution in [2.45, 2.75) is 47.0 Å². The highest BCUT2D eigenvalue weighted by Crippen LogP contribution is 2.40. The Bertz CT molecular complexity index is 724. The van der Waals surface area contributed by atoms with Gasteiger partial charge in [-0.05, 0) is 29.5 Å². The topological polar surface area (TPSA) is 67.9 Å². The second kappa shape index (κ2) is 9.51. The zero-order chi connectivity index (χ0) is 21.8. The second-order valence-electron chi connectivity index (χ2n) is 9.50. The standard InChI is InChI=1S/C23H36N2O4/c1-15(2)12-24-22(27)19-14-25(21(26)11-23(3,4)5)13-18(19)17-10-16(28-6)8-9-20(17)29-7/h8-10,15,18-19H,11-14H2,1-7H3,(H,24,27)/t18-,19-/m1/s1. The van der Waals surface area contributed by atoms with E-state index in [-0.39, 0.29) is 29.1 Å². The van der Waals surface area contributed by atoms with Crippen LogP contribution >= 0.6 is 0 Å². The van der Waals surface area contributed by atoms with Crippen LogP contribution in [0.5, 0.6) is 11.5 Å². The minimum atomic E-state index is -0.321. The number of amides is 2. The Morgan fingerprint density at radius 3 is 2.41 bits per heavy atom. The summed E-state index contributed by atoms with van der Waals surface area (Å²) in [7, 11) is 3.24. The van der Waals surface area contributed by atoms with E-state index >= 15 is 0 Å². The summed E-state index contributed by atoms with van der Waals surface area (Å²) in [4.78, 5) is 27.7. The molecular formula is C23H36N2O4. The molecule has 1 aromatic rings. The fourth-order valence-electron chi connectivity index (χ4n) is 3.72. The molecule has 162 valence electrons. The van der Waals surface area contributed by atoms with Gasteiger partial charge in [0.1, 0.15) is 11.5 Å². The summed E-state index contributed by atoms with van der Waals surface area (Å²) in [5.41, 5.74) is 0.806. The Kier molecular flexibility index (Phi) is 7.55. The van der Waals surface area contributed by atoms with Gasteiger partial charge in [-0.2, -0.15) is 0 Å². The fourth-order valence-corrected chi connectivity index (χ4v) is 3.72. The van der Waals surface area contributed by atoms with Gasteiger partial charge in [0.05, 0.1) is 20.1 Å². The minimum Gasteiger partial charge on any atom is -0.497 e. The number of methoxy groups -OCH3 is 2. The van der Waals surface area contributed by atoms with Crippen LogP contribution in [0.4, 0.5) is 0 Å². The average Bonchev–Trinajstić information content (AvgIpc) is 3.09. The van der Waals surface area contributed by atoms with Crippen molar-refractivity contribution in [1.82, 2.24) is 10.2 Å². The summed E-state index contributed by atoms with van der Waals surface area (Å²) < 4.78 is 11.0. The van der Waals surface area contributed by atoms with Gasteiger partial charge < -0.3 is 19.7 Å². The van der Waals surface area contributed by atoms with Crippen molar-refractivity contribution in [2.24, 2.45) is 17.3 Å². The third-order valence-electron chi connectivity index (χ3n) is 5.21. The molecular weight excluding hydrogens is 368 g/mol. The molecule has 2 amide bonds. The van der Waals surface area contributed by atoms with Gasteiger partial charge in [0.15, 0.2) is 0 Å². The normalized spacial score (nSPS) is 19.4. The summed E-state index contributed by atoms with van der Waals surface area (Å²) in [6, 6.07) is 5.62. The number of carbonyl (C=O) groups excluding carboxylic acids is 2. The first-order valence-corrected chi connectivity index (χ1v) is 10.3. The van der Waals surface area contributed by atoms with E-state index in [0.29, 0.717) is 43.5 Å². The predicted molar refractivity (Wildman–Crippen MR) is 114 cm³/mol. The van der Waals surface area contributed by atoms with Crippen LogP contribution in [0.2, 0.25) is 0 Å². The van der Waals surface area contributed by atoms with Crippen LogP contribution in [0.25, 0.3) is 0 Å². The van der Waals surface area contributed by atoms with Gasteiger partial charge >= 0.3 is 0 Å². The van der Waals surface area contributed by atoms with Crippen LogP contribution in [-0.4, -0.2) is 50.6 Å². The van der Waals surface area contributed by atoms with E-state index in [1.807, 2.05) is 23.1 Å². The number of ether oxygens (including phenoxy) is 2. The third-order valence-corrected chi connectivity index (χ3v) is 5.21. The van der Waals surface area contributed by atoms with Crippen molar-refractivity contribution in [3.05, 3.63) is 23.8 Å². The first-order valence-electron chi connectivity index (χ1n) is 10.3. The van der Waals surface area contributed by atoms with Crippen molar-refractivity contribution in [3.63, 3.8) is 0 Å². The molecule has 1 N–H and O–H groups in total. The highest BCUT2D eigenvalue weighted by atomic mass is 16.5. The van der Waals surface area contributed by atoms with Crippen LogP contribution in [0.15, 0.2) is 18.2 Å². The van der Waals surface area contributed by atoms with Crippen molar-refractivity contribution < 1.29 is 19.1 Å². The molecule has 2 atom stereocenters. The van der Waals surface area contributed by atoms with E-state index in [1.165, 1.54) is 0 Å². The van der Waals surface area contributed by atoms with E-state index in [0.717, 1.165) is 5.56 Å². The third kappa shape index (κ3) is 6.12. The van der Waals surface area contributed by atoms with E-state index in [9.17, 15) is 9.59 Å². The zero-order valence-electron chi connectivity index (χ0n) is 18.9. The van der Waals surface area contributed by atoms with Crippen molar-refractivity contribution in [2.75, 3.05) is 33.9 Å². The summed E-state index contributed by atoms with van der Waals surface area (Å²) in [6.45, 7) is 11.8. The fraction of sp³-hybridized carbons (Fsp3) is 0.652. The largest absolute Gasteiger partial charge is 0.497 e. The molecule has 1 saturated heterocycles. The van der Waals surface area contributed by atoms with Crippen LogP contribution < -0.4 is 14.8 Å². The number of hydrogen-bond donors (Lipinski definition) is 1. The van der Waals surface area contributed by atoms with Crippen LogP contribution in [0, 0.1) is 17.3 Å². The van der Waals surface area contributed by atoms with Crippen LogP contribution in [0.1, 0.15) is 52.5 Å². The molecule has 1 aliphatic rings. The molecule has 0 bridgehead atoms. The summed E-state index contributed by atoms with van der Waals surface area (Å²) >= 11 is 0. The molecule has 2 rings (SSSR count). The highest BCUT2D eigenvalue weighted by Gasteiger charge is 2.42. The molecule has 0 saturated carbocycles. The second-order valence-corrected chi connectivity index (χ2v) is 9.50. The van der Waals surface area contributed by atoms with E-state index < -0.39 is 0 Å². The first kappa shape index (κ1) is 23.0. The molecule has 6 heteroatoms. The van der Waals surface area contributed by atoms with E-state index in [4.69, 9.17) is 9.47 Å². The molecule has 0 unspecified atom stereocenters. The molecule has 1 heterocycles. The molecule has 1 aliphatic heterocycles. The number of nitrogens with zero attached hydrogens (tertiary/aromatic N) is 1. The Morgan fingerprint density at radius 1 is 1.17 bits per heavy atom. The zero-order valence-corrected chi connectivity index (χ0v) is 18.9. The van der Waals surface area contributed by atoms with Crippen LogP contribution in [0.3, 0.4) is 0 Å². The Labute approximate surface area is 174 Å². The molecule has 0 aliphatic carbocycles. The summed E-state index contributed by atoms with van der Waals surface area (Å²) in [5.74, 6) is 1.39. The maximum Gasteiger partial charge on any atom is 0.225 e. The Hall–Kier alpha value is -2.24. The maximum absolute atomic E-state index is 13.0. The van der Waals surface area contributed by atoms with Gasteiger partial charge in [0, 0.05) is 37.5 Å². The number of hydrogen-bond acceptors (Lipinski definition) is 4. The molecule has 29 heavy (non-hydrogen) atoms. The summed E-state index contributed by atoms with van der Waals surface area (Å²) in [5, 5.41) is 3.05. The predicted octanol–water partition coefficient (Wildman–Crippen LogP) is 3.45. The maximum atomic E-state index is 13.0. The SMILES string of the molecule is COc1ccc(OC)c([C@H]2CN(C(=O)CC(C)(C)C)C[C@H]2C(=O)NCC(C)C)c1. The monoisotopic (exact) mass is 404 g/mol. The number of rotatable bonds is 7. The first-order chi connectivity index (χ1) is 13.6. The Balaban J connectivity index is 2.35. The lowest BCUT2D eigenvalue weighted by atomic mass is 9.87. The van der Waals surface area contributed by atoms with E-state index in [1.54, 1.807) is 14.2 Å². The molecule has 0 spiro atoms. The highest BCUT2D eigenvalue weighted by molar-refractivity contribution is 5.83. The lowest BCUT2D eigenvalue weighted by Crippen LogP contribution is -2.37. The van der Waals surface area contributed by atoms with Crippen LogP contribution in [-0.2, 0) is 9.59 Å². The molecule has 0 aromatic heterocycles. The van der Waals surface area contributed by atoms with Gasteiger partial charge in [-0.15, -0.1) is 0 Å².